The third kappa shape index (κ3) is 5.68. The van der Waals surface area contributed by atoms with Crippen LogP contribution in [0.3, 0.4) is 0 Å². The van der Waals surface area contributed by atoms with Gasteiger partial charge < -0.3 is 14.4 Å². The Bertz CT molecular complexity index is 901. The van der Waals surface area contributed by atoms with E-state index in [-0.39, 0.29) is 34.6 Å². The van der Waals surface area contributed by atoms with Crippen LogP contribution in [0.2, 0.25) is 0 Å². The van der Waals surface area contributed by atoms with Gasteiger partial charge in [-0.15, -0.1) is 0 Å². The summed E-state index contributed by atoms with van der Waals surface area (Å²) in [6.07, 6.45) is 3.85. The van der Waals surface area contributed by atoms with E-state index in [4.69, 9.17) is 9.47 Å². The van der Waals surface area contributed by atoms with E-state index in [0.29, 0.717) is 13.1 Å². The summed E-state index contributed by atoms with van der Waals surface area (Å²) in [6, 6.07) is 5.71. The van der Waals surface area contributed by atoms with Crippen molar-refractivity contribution in [3.63, 3.8) is 0 Å². The lowest BCUT2D eigenvalue weighted by Crippen LogP contribution is -2.51. The second-order valence-corrected chi connectivity index (χ2v) is 10.9. The standard InChI is InChI=1S/C23H34N2O6S/c1-16-14-25(15-17(2)30-16)22(26)18(3)31-23(27)19-10-12-21(13-11-19)32(28,29)24(4)20-8-6-5-7-9-20/h10-13,16-18,20H,5-9,14-15H2,1-4H3. The van der Waals surface area contributed by atoms with Crippen molar-refractivity contribution in [3.05, 3.63) is 29.8 Å². The predicted octanol–water partition coefficient (Wildman–Crippen LogP) is 2.82. The molecule has 1 saturated heterocycles. The van der Waals surface area contributed by atoms with Gasteiger partial charge in [-0.25, -0.2) is 13.2 Å². The molecule has 0 spiro atoms. The fourth-order valence-electron chi connectivity index (χ4n) is 4.46. The molecule has 3 atom stereocenters. The number of ether oxygens (including phenoxy) is 2. The van der Waals surface area contributed by atoms with E-state index in [1.165, 1.54) is 28.6 Å². The minimum absolute atomic E-state index is 0.0101. The molecule has 3 rings (SSSR count). The minimum atomic E-state index is -3.63. The van der Waals surface area contributed by atoms with Crippen molar-refractivity contribution in [2.75, 3.05) is 20.1 Å². The molecule has 1 aliphatic heterocycles. The highest BCUT2D eigenvalue weighted by Crippen LogP contribution is 2.26. The molecule has 0 bridgehead atoms. The number of sulfonamides is 1. The monoisotopic (exact) mass is 466 g/mol. The van der Waals surface area contributed by atoms with Crippen LogP contribution in [0.4, 0.5) is 0 Å². The Morgan fingerprint density at radius 3 is 2.19 bits per heavy atom. The van der Waals surface area contributed by atoms with E-state index in [9.17, 15) is 18.0 Å². The molecule has 9 heteroatoms. The molecule has 1 aromatic carbocycles. The van der Waals surface area contributed by atoms with Gasteiger partial charge in [0.2, 0.25) is 10.0 Å². The average Bonchev–Trinajstić information content (AvgIpc) is 2.78. The maximum Gasteiger partial charge on any atom is 0.338 e. The molecule has 8 nitrogen and oxygen atoms in total. The van der Waals surface area contributed by atoms with Gasteiger partial charge in [0.05, 0.1) is 22.7 Å². The first kappa shape index (κ1) is 24.7. The largest absolute Gasteiger partial charge is 0.449 e. The Kier molecular flexibility index (Phi) is 7.95. The van der Waals surface area contributed by atoms with Crippen molar-refractivity contribution < 1.29 is 27.5 Å². The van der Waals surface area contributed by atoms with Crippen molar-refractivity contribution in [3.8, 4) is 0 Å². The number of esters is 1. The maximum atomic E-state index is 13.0. The van der Waals surface area contributed by atoms with Gasteiger partial charge in [0, 0.05) is 26.2 Å². The molecule has 1 amide bonds. The van der Waals surface area contributed by atoms with Crippen LogP contribution in [0.25, 0.3) is 0 Å². The van der Waals surface area contributed by atoms with E-state index in [0.717, 1.165) is 32.1 Å². The second-order valence-electron chi connectivity index (χ2n) is 8.89. The zero-order chi connectivity index (χ0) is 23.5. The SMILES string of the molecule is CC1CN(C(=O)C(C)OC(=O)c2ccc(S(=O)(=O)N(C)C3CCCCC3)cc2)CC(C)O1. The lowest BCUT2D eigenvalue weighted by atomic mass is 9.96. The molecule has 3 unspecified atom stereocenters. The summed E-state index contributed by atoms with van der Waals surface area (Å²) in [5.41, 5.74) is 0.202. The van der Waals surface area contributed by atoms with Crippen LogP contribution in [-0.4, -0.2) is 74.0 Å². The topological polar surface area (TPSA) is 93.2 Å². The van der Waals surface area contributed by atoms with E-state index in [2.05, 4.69) is 0 Å². The Balaban J connectivity index is 1.62. The van der Waals surface area contributed by atoms with E-state index < -0.39 is 22.1 Å². The summed E-state index contributed by atoms with van der Waals surface area (Å²) >= 11 is 0. The van der Waals surface area contributed by atoms with Crippen molar-refractivity contribution in [1.82, 2.24) is 9.21 Å². The molecule has 2 aliphatic rings. The van der Waals surface area contributed by atoms with Crippen molar-refractivity contribution in [2.24, 2.45) is 0 Å². The molecular formula is C23H34N2O6S. The zero-order valence-corrected chi connectivity index (χ0v) is 20.1. The molecule has 1 aliphatic carbocycles. The highest BCUT2D eigenvalue weighted by Gasteiger charge is 2.31. The van der Waals surface area contributed by atoms with Gasteiger partial charge in [-0.05, 0) is 57.9 Å². The number of carbonyl (C=O) groups is 2. The third-order valence-corrected chi connectivity index (χ3v) is 8.14. The van der Waals surface area contributed by atoms with Crippen LogP contribution in [-0.2, 0) is 24.3 Å². The minimum Gasteiger partial charge on any atom is -0.449 e. The van der Waals surface area contributed by atoms with Crippen LogP contribution in [0.1, 0.15) is 63.2 Å². The number of benzene rings is 1. The summed E-state index contributed by atoms with van der Waals surface area (Å²) in [5, 5.41) is 0. The Morgan fingerprint density at radius 1 is 1.06 bits per heavy atom. The van der Waals surface area contributed by atoms with Crippen molar-refractivity contribution in [2.45, 2.75) is 82.1 Å². The molecule has 0 aromatic heterocycles. The predicted molar refractivity (Wildman–Crippen MR) is 120 cm³/mol. The van der Waals surface area contributed by atoms with Crippen LogP contribution < -0.4 is 0 Å². The molecular weight excluding hydrogens is 432 g/mol. The van der Waals surface area contributed by atoms with Gasteiger partial charge in [0.1, 0.15) is 0 Å². The summed E-state index contributed by atoms with van der Waals surface area (Å²) < 4.78 is 38.4. The molecule has 1 heterocycles. The number of hydrogen-bond donors (Lipinski definition) is 0. The van der Waals surface area contributed by atoms with Gasteiger partial charge in [-0.3, -0.25) is 4.79 Å². The molecule has 178 valence electrons. The van der Waals surface area contributed by atoms with Crippen molar-refractivity contribution in [1.29, 1.82) is 0 Å². The fraction of sp³-hybridized carbons (Fsp3) is 0.652. The first-order valence-electron chi connectivity index (χ1n) is 11.3. The van der Waals surface area contributed by atoms with E-state index in [1.54, 1.807) is 18.9 Å². The average molecular weight is 467 g/mol. The first-order valence-corrected chi connectivity index (χ1v) is 12.8. The van der Waals surface area contributed by atoms with Crippen LogP contribution in [0.5, 0.6) is 0 Å². The molecule has 0 N–H and O–H groups in total. The lowest BCUT2D eigenvalue weighted by molar-refractivity contribution is -0.151. The molecule has 0 radical (unpaired) electrons. The second kappa shape index (κ2) is 10.3. The first-order chi connectivity index (χ1) is 15.1. The van der Waals surface area contributed by atoms with Crippen LogP contribution >= 0.6 is 0 Å². The maximum absolute atomic E-state index is 13.0. The number of nitrogens with zero attached hydrogens (tertiary/aromatic N) is 2. The van der Waals surface area contributed by atoms with Gasteiger partial charge in [-0.2, -0.15) is 4.31 Å². The summed E-state index contributed by atoms with van der Waals surface area (Å²) in [5.74, 6) is -0.932. The molecule has 1 saturated carbocycles. The highest BCUT2D eigenvalue weighted by atomic mass is 32.2. The summed E-state index contributed by atoms with van der Waals surface area (Å²) in [6.45, 7) is 6.24. The number of carbonyl (C=O) groups excluding carboxylic acids is 2. The molecule has 1 aromatic rings. The fourth-order valence-corrected chi connectivity index (χ4v) is 5.88. The van der Waals surface area contributed by atoms with Crippen LogP contribution in [0.15, 0.2) is 29.2 Å². The third-order valence-electron chi connectivity index (χ3n) is 6.22. The number of rotatable bonds is 6. The van der Waals surface area contributed by atoms with Gasteiger partial charge in [0.25, 0.3) is 5.91 Å². The lowest BCUT2D eigenvalue weighted by Gasteiger charge is -2.36. The Hall–Kier alpha value is -1.97. The highest BCUT2D eigenvalue weighted by molar-refractivity contribution is 7.89. The van der Waals surface area contributed by atoms with Crippen molar-refractivity contribution >= 4 is 21.9 Å². The Morgan fingerprint density at radius 2 is 1.62 bits per heavy atom. The molecule has 32 heavy (non-hydrogen) atoms. The van der Waals surface area contributed by atoms with E-state index in [1.807, 2.05) is 13.8 Å². The quantitative estimate of drug-likeness (QED) is 0.599. The van der Waals surface area contributed by atoms with Gasteiger partial charge >= 0.3 is 5.97 Å². The number of hydrogen-bond acceptors (Lipinski definition) is 6. The normalized spacial score (nSPS) is 23.7. The zero-order valence-electron chi connectivity index (χ0n) is 19.3. The van der Waals surface area contributed by atoms with Gasteiger partial charge in [-0.1, -0.05) is 19.3 Å². The van der Waals surface area contributed by atoms with E-state index >= 15 is 0 Å². The smallest absolute Gasteiger partial charge is 0.338 e. The number of morpholine rings is 1. The summed E-state index contributed by atoms with van der Waals surface area (Å²) in [4.78, 5) is 27.0. The summed E-state index contributed by atoms with van der Waals surface area (Å²) in [7, 11) is -2.01. The molecule has 2 fully saturated rings. The van der Waals surface area contributed by atoms with Crippen LogP contribution in [0, 0.1) is 0 Å². The number of amides is 1. The Labute approximate surface area is 190 Å². The van der Waals surface area contributed by atoms with Gasteiger partial charge in [0.15, 0.2) is 6.10 Å².